The Morgan fingerprint density at radius 3 is 2.81 bits per heavy atom. The normalized spacial score (nSPS) is 14.1. The average molecular weight is 391 g/mol. The summed E-state index contributed by atoms with van der Waals surface area (Å²) in [6, 6.07) is 5.19. The lowest BCUT2D eigenvalue weighted by molar-refractivity contribution is -0.141. The quantitative estimate of drug-likeness (QED) is 0.784. The van der Waals surface area contributed by atoms with Crippen LogP contribution in [-0.2, 0) is 35.1 Å². The standard InChI is InChI=1S/C17H17N3O6S/c1-10(21)18-11-3-4-12-14(7-11)27-17(20(12)8-15(22)24-2)19-16(23)13-9-25-5-6-26-13/h3-4,7,9H,5-6,8H2,1-2H3,(H,18,21). The summed E-state index contributed by atoms with van der Waals surface area (Å²) in [6.45, 7) is 1.93. The van der Waals surface area contributed by atoms with Crippen LogP contribution in [0.4, 0.5) is 5.69 Å². The number of ether oxygens (including phenoxy) is 3. The van der Waals surface area contributed by atoms with Crippen LogP contribution in [0.3, 0.4) is 0 Å². The Labute approximate surface area is 157 Å². The number of fused-ring (bicyclic) bond motifs is 1. The Balaban J connectivity index is 2.08. The van der Waals surface area contributed by atoms with Crippen molar-refractivity contribution in [2.45, 2.75) is 13.5 Å². The third kappa shape index (κ3) is 4.34. The number of amides is 2. The van der Waals surface area contributed by atoms with E-state index in [4.69, 9.17) is 14.2 Å². The number of methoxy groups -OCH3 is 1. The van der Waals surface area contributed by atoms with Crippen molar-refractivity contribution in [1.29, 1.82) is 0 Å². The number of esters is 1. The molecule has 1 aromatic heterocycles. The fourth-order valence-electron chi connectivity index (χ4n) is 2.41. The Kier molecular flexibility index (Phi) is 5.55. The number of anilines is 1. The lowest BCUT2D eigenvalue weighted by atomic mass is 10.3. The van der Waals surface area contributed by atoms with E-state index in [2.05, 4.69) is 10.3 Å². The molecule has 3 rings (SSSR count). The van der Waals surface area contributed by atoms with Gasteiger partial charge in [-0.15, -0.1) is 0 Å². The zero-order chi connectivity index (χ0) is 19.4. The highest BCUT2D eigenvalue weighted by molar-refractivity contribution is 7.16. The van der Waals surface area contributed by atoms with E-state index in [-0.39, 0.29) is 24.8 Å². The Bertz CT molecular complexity index is 1000. The van der Waals surface area contributed by atoms with Gasteiger partial charge in [0.25, 0.3) is 0 Å². The number of aromatic nitrogens is 1. The van der Waals surface area contributed by atoms with Gasteiger partial charge in [-0.2, -0.15) is 4.99 Å². The van der Waals surface area contributed by atoms with Crippen LogP contribution in [-0.4, -0.2) is 42.7 Å². The van der Waals surface area contributed by atoms with Gasteiger partial charge in [-0.05, 0) is 18.2 Å². The second-order valence-electron chi connectivity index (χ2n) is 5.53. The van der Waals surface area contributed by atoms with Gasteiger partial charge in [-0.3, -0.25) is 14.4 Å². The predicted molar refractivity (Wildman–Crippen MR) is 96.7 cm³/mol. The molecule has 0 atom stereocenters. The minimum atomic E-state index is -0.609. The second kappa shape index (κ2) is 8.04. The molecule has 2 amide bonds. The van der Waals surface area contributed by atoms with E-state index in [1.54, 1.807) is 22.8 Å². The third-order valence-electron chi connectivity index (χ3n) is 3.58. The minimum absolute atomic E-state index is 0.00209. The number of benzene rings is 1. The highest BCUT2D eigenvalue weighted by atomic mass is 32.1. The molecule has 0 radical (unpaired) electrons. The van der Waals surface area contributed by atoms with Gasteiger partial charge in [0.1, 0.15) is 26.0 Å². The molecule has 0 spiro atoms. The van der Waals surface area contributed by atoms with Gasteiger partial charge >= 0.3 is 11.9 Å². The molecule has 0 saturated carbocycles. The Hall–Kier alpha value is -3.14. The highest BCUT2D eigenvalue weighted by Crippen LogP contribution is 2.22. The Morgan fingerprint density at radius 1 is 1.33 bits per heavy atom. The molecule has 0 aliphatic carbocycles. The fraction of sp³-hybridized carbons (Fsp3) is 0.294. The molecule has 0 bridgehead atoms. The van der Waals surface area contributed by atoms with Crippen molar-refractivity contribution < 1.29 is 28.6 Å². The van der Waals surface area contributed by atoms with Crippen molar-refractivity contribution in [1.82, 2.24) is 4.57 Å². The van der Waals surface area contributed by atoms with Crippen molar-refractivity contribution >= 4 is 45.0 Å². The summed E-state index contributed by atoms with van der Waals surface area (Å²) >= 11 is 1.20. The summed E-state index contributed by atoms with van der Waals surface area (Å²) in [4.78, 5) is 39.8. The number of rotatable bonds is 4. The van der Waals surface area contributed by atoms with Crippen LogP contribution in [0.1, 0.15) is 6.92 Å². The van der Waals surface area contributed by atoms with Crippen LogP contribution in [0.25, 0.3) is 10.2 Å². The van der Waals surface area contributed by atoms with E-state index in [9.17, 15) is 14.4 Å². The number of carbonyl (C=O) groups is 3. The molecule has 10 heteroatoms. The number of hydrogen-bond acceptors (Lipinski definition) is 7. The highest BCUT2D eigenvalue weighted by Gasteiger charge is 2.17. The topological polar surface area (TPSA) is 108 Å². The molecular weight excluding hydrogens is 374 g/mol. The predicted octanol–water partition coefficient (Wildman–Crippen LogP) is 1.15. The first-order valence-corrected chi connectivity index (χ1v) is 8.81. The van der Waals surface area contributed by atoms with E-state index < -0.39 is 11.9 Å². The molecule has 142 valence electrons. The lowest BCUT2D eigenvalue weighted by Crippen LogP contribution is -2.23. The van der Waals surface area contributed by atoms with E-state index in [1.807, 2.05) is 0 Å². The molecule has 1 aliphatic rings. The van der Waals surface area contributed by atoms with Gasteiger partial charge in [-0.25, -0.2) is 0 Å². The van der Waals surface area contributed by atoms with Gasteiger partial charge in [0, 0.05) is 12.6 Å². The van der Waals surface area contributed by atoms with Crippen molar-refractivity contribution in [2.24, 2.45) is 4.99 Å². The van der Waals surface area contributed by atoms with Crippen LogP contribution in [0, 0.1) is 0 Å². The zero-order valence-electron chi connectivity index (χ0n) is 14.7. The van der Waals surface area contributed by atoms with Crippen LogP contribution in [0.15, 0.2) is 35.2 Å². The molecular formula is C17H17N3O6S. The molecule has 2 aromatic rings. The monoisotopic (exact) mass is 391 g/mol. The zero-order valence-corrected chi connectivity index (χ0v) is 15.5. The second-order valence-corrected chi connectivity index (χ2v) is 6.54. The van der Waals surface area contributed by atoms with E-state index in [1.165, 1.54) is 31.6 Å². The summed E-state index contributed by atoms with van der Waals surface area (Å²) in [6.07, 6.45) is 1.22. The Morgan fingerprint density at radius 2 is 2.15 bits per heavy atom. The molecule has 1 aromatic carbocycles. The largest absolute Gasteiger partial charge is 0.494 e. The summed E-state index contributed by atoms with van der Waals surface area (Å²) in [7, 11) is 1.28. The summed E-state index contributed by atoms with van der Waals surface area (Å²) < 4.78 is 17.4. The van der Waals surface area contributed by atoms with Crippen molar-refractivity contribution in [3.63, 3.8) is 0 Å². The maximum Gasteiger partial charge on any atom is 0.325 e. The van der Waals surface area contributed by atoms with Gasteiger partial charge < -0.3 is 24.1 Å². The maximum atomic E-state index is 12.3. The smallest absolute Gasteiger partial charge is 0.325 e. The first-order valence-electron chi connectivity index (χ1n) is 7.99. The molecule has 2 heterocycles. The molecule has 0 unspecified atom stereocenters. The number of hydrogen-bond donors (Lipinski definition) is 1. The first kappa shape index (κ1) is 18.6. The van der Waals surface area contributed by atoms with E-state index in [0.29, 0.717) is 22.6 Å². The molecule has 0 fully saturated rings. The number of nitrogens with one attached hydrogen (secondary N) is 1. The van der Waals surface area contributed by atoms with Gasteiger partial charge in [0.05, 0.1) is 17.3 Å². The number of thiazole rings is 1. The van der Waals surface area contributed by atoms with Crippen LogP contribution >= 0.6 is 11.3 Å². The maximum absolute atomic E-state index is 12.3. The third-order valence-corrected chi connectivity index (χ3v) is 4.62. The van der Waals surface area contributed by atoms with Gasteiger partial charge in [0.15, 0.2) is 4.80 Å². The molecule has 0 saturated heterocycles. The van der Waals surface area contributed by atoms with Crippen molar-refractivity contribution in [2.75, 3.05) is 25.6 Å². The molecule has 27 heavy (non-hydrogen) atoms. The van der Waals surface area contributed by atoms with Gasteiger partial charge in [0.2, 0.25) is 11.7 Å². The lowest BCUT2D eigenvalue weighted by Gasteiger charge is -2.12. The van der Waals surface area contributed by atoms with Gasteiger partial charge in [-0.1, -0.05) is 11.3 Å². The van der Waals surface area contributed by atoms with Crippen LogP contribution < -0.4 is 10.1 Å². The van der Waals surface area contributed by atoms with E-state index >= 15 is 0 Å². The molecule has 1 N–H and O–H groups in total. The van der Waals surface area contributed by atoms with E-state index in [0.717, 1.165) is 4.70 Å². The minimum Gasteiger partial charge on any atom is -0.494 e. The van der Waals surface area contributed by atoms with Crippen LogP contribution in [0.2, 0.25) is 0 Å². The first-order chi connectivity index (χ1) is 13.0. The number of carbonyl (C=O) groups excluding carboxylic acids is 3. The molecule has 9 nitrogen and oxygen atoms in total. The van der Waals surface area contributed by atoms with Crippen LogP contribution in [0.5, 0.6) is 0 Å². The fourth-order valence-corrected chi connectivity index (χ4v) is 3.48. The molecule has 1 aliphatic heterocycles. The summed E-state index contributed by atoms with van der Waals surface area (Å²) in [5.74, 6) is -1.29. The van der Waals surface area contributed by atoms with Crippen molar-refractivity contribution in [3.8, 4) is 0 Å². The SMILES string of the molecule is COC(=O)Cn1c(=NC(=O)C2=COCCO2)sc2cc(NC(C)=O)ccc21. The summed E-state index contributed by atoms with van der Waals surface area (Å²) in [5, 5.41) is 2.69. The number of nitrogens with zero attached hydrogens (tertiary/aromatic N) is 2. The average Bonchev–Trinajstić information content (AvgIpc) is 2.98. The summed E-state index contributed by atoms with van der Waals surface area (Å²) in [5.41, 5.74) is 1.28. The van der Waals surface area contributed by atoms with Crippen molar-refractivity contribution in [3.05, 3.63) is 35.0 Å².